The molecule has 3 heteroatoms. The minimum absolute atomic E-state index is 0.169. The van der Waals surface area contributed by atoms with Crippen LogP contribution in [-0.2, 0) is 0 Å². The van der Waals surface area contributed by atoms with Gasteiger partial charge in [-0.1, -0.05) is 0 Å². The quantitative estimate of drug-likeness (QED) is 0.720. The highest BCUT2D eigenvalue weighted by atomic mass is 16.5. The molecule has 0 unspecified atom stereocenters. The maximum atomic E-state index is 9.32. The minimum atomic E-state index is 0.169. The van der Waals surface area contributed by atoms with Gasteiger partial charge >= 0.3 is 0 Å². The van der Waals surface area contributed by atoms with Crippen molar-refractivity contribution in [3.8, 4) is 11.5 Å². The SMILES string of the molecule is COc1cc(O)cc2ncccc12. The summed E-state index contributed by atoms with van der Waals surface area (Å²) in [4.78, 5) is 4.11. The molecule has 0 aliphatic carbocycles. The van der Waals surface area contributed by atoms with Crippen LogP contribution in [0.4, 0.5) is 0 Å². The van der Waals surface area contributed by atoms with Crippen LogP contribution in [0.5, 0.6) is 11.5 Å². The molecular weight excluding hydrogens is 166 g/mol. The van der Waals surface area contributed by atoms with Gasteiger partial charge in [0.05, 0.1) is 12.6 Å². The van der Waals surface area contributed by atoms with Crippen molar-refractivity contribution in [3.63, 3.8) is 0 Å². The minimum Gasteiger partial charge on any atom is -0.508 e. The average molecular weight is 175 g/mol. The number of rotatable bonds is 1. The number of pyridine rings is 1. The summed E-state index contributed by atoms with van der Waals surface area (Å²) in [5, 5.41) is 10.2. The lowest BCUT2D eigenvalue weighted by atomic mass is 10.2. The van der Waals surface area contributed by atoms with Crippen LogP contribution >= 0.6 is 0 Å². The number of hydrogen-bond donors (Lipinski definition) is 1. The number of aromatic hydroxyl groups is 1. The van der Waals surface area contributed by atoms with E-state index < -0.39 is 0 Å². The molecule has 1 heterocycles. The highest BCUT2D eigenvalue weighted by Crippen LogP contribution is 2.28. The highest BCUT2D eigenvalue weighted by molar-refractivity contribution is 5.86. The maximum Gasteiger partial charge on any atom is 0.131 e. The molecule has 0 radical (unpaired) electrons. The maximum absolute atomic E-state index is 9.32. The molecule has 0 aliphatic rings. The van der Waals surface area contributed by atoms with Crippen LogP contribution in [0, 0.1) is 0 Å². The molecule has 13 heavy (non-hydrogen) atoms. The van der Waals surface area contributed by atoms with Crippen molar-refractivity contribution in [1.29, 1.82) is 0 Å². The molecule has 1 N–H and O–H groups in total. The second kappa shape index (κ2) is 2.94. The molecule has 0 amide bonds. The van der Waals surface area contributed by atoms with Crippen molar-refractivity contribution in [3.05, 3.63) is 30.5 Å². The highest BCUT2D eigenvalue weighted by Gasteiger charge is 2.03. The first-order valence-electron chi connectivity index (χ1n) is 3.93. The Hall–Kier alpha value is -1.77. The lowest BCUT2D eigenvalue weighted by Crippen LogP contribution is -1.86. The van der Waals surface area contributed by atoms with Crippen LogP contribution < -0.4 is 4.74 Å². The molecule has 0 spiro atoms. The molecule has 1 aromatic carbocycles. The van der Waals surface area contributed by atoms with Crippen molar-refractivity contribution in [1.82, 2.24) is 4.98 Å². The molecule has 0 saturated heterocycles. The molecule has 0 fully saturated rings. The number of fused-ring (bicyclic) bond motifs is 1. The van der Waals surface area contributed by atoms with Crippen LogP contribution in [0.25, 0.3) is 10.9 Å². The van der Waals surface area contributed by atoms with E-state index in [9.17, 15) is 5.11 Å². The summed E-state index contributed by atoms with van der Waals surface area (Å²) in [6.07, 6.45) is 1.68. The van der Waals surface area contributed by atoms with Crippen LogP contribution in [0.1, 0.15) is 0 Å². The first kappa shape index (κ1) is 7.86. The smallest absolute Gasteiger partial charge is 0.131 e. The fourth-order valence-corrected chi connectivity index (χ4v) is 1.30. The summed E-state index contributed by atoms with van der Waals surface area (Å²) in [7, 11) is 1.57. The van der Waals surface area contributed by atoms with Crippen LogP contribution in [0.15, 0.2) is 30.5 Å². The van der Waals surface area contributed by atoms with Crippen LogP contribution in [-0.4, -0.2) is 17.2 Å². The molecule has 2 aromatic rings. The van der Waals surface area contributed by atoms with Gasteiger partial charge in [-0.2, -0.15) is 0 Å². The van der Waals surface area contributed by atoms with E-state index in [0.717, 1.165) is 10.9 Å². The molecule has 0 aliphatic heterocycles. The third-order valence-electron chi connectivity index (χ3n) is 1.89. The van der Waals surface area contributed by atoms with Gasteiger partial charge in [0.25, 0.3) is 0 Å². The standard InChI is InChI=1S/C10H9NO2/c1-13-10-6-7(12)5-9-8(10)3-2-4-11-9/h2-6,12H,1H3. The normalized spacial score (nSPS) is 10.2. The van der Waals surface area contributed by atoms with Gasteiger partial charge in [-0.3, -0.25) is 4.98 Å². The Kier molecular flexibility index (Phi) is 1.77. The zero-order chi connectivity index (χ0) is 9.26. The van der Waals surface area contributed by atoms with E-state index in [1.54, 1.807) is 25.4 Å². The summed E-state index contributed by atoms with van der Waals surface area (Å²) in [5.41, 5.74) is 0.736. The Balaban J connectivity index is 2.81. The summed E-state index contributed by atoms with van der Waals surface area (Å²) in [6, 6.07) is 6.92. The number of phenolic OH excluding ortho intramolecular Hbond substituents is 1. The van der Waals surface area contributed by atoms with Crippen molar-refractivity contribution < 1.29 is 9.84 Å². The van der Waals surface area contributed by atoms with E-state index in [-0.39, 0.29) is 5.75 Å². The van der Waals surface area contributed by atoms with Gasteiger partial charge in [0.15, 0.2) is 0 Å². The van der Waals surface area contributed by atoms with E-state index in [2.05, 4.69) is 4.98 Å². The predicted octanol–water partition coefficient (Wildman–Crippen LogP) is 1.95. The van der Waals surface area contributed by atoms with Gasteiger partial charge in [-0.15, -0.1) is 0 Å². The fraction of sp³-hybridized carbons (Fsp3) is 0.100. The molecule has 0 atom stereocenters. The third-order valence-corrected chi connectivity index (χ3v) is 1.89. The second-order valence-electron chi connectivity index (χ2n) is 2.72. The molecule has 0 saturated carbocycles. The van der Waals surface area contributed by atoms with Gasteiger partial charge < -0.3 is 9.84 Å². The number of aromatic nitrogens is 1. The first-order chi connectivity index (χ1) is 6.31. The largest absolute Gasteiger partial charge is 0.508 e. The third kappa shape index (κ3) is 1.28. The van der Waals surface area contributed by atoms with Gasteiger partial charge in [0, 0.05) is 23.7 Å². The fourth-order valence-electron chi connectivity index (χ4n) is 1.30. The van der Waals surface area contributed by atoms with Crippen molar-refractivity contribution in [2.75, 3.05) is 7.11 Å². The Labute approximate surface area is 75.6 Å². The van der Waals surface area contributed by atoms with Crippen molar-refractivity contribution in [2.45, 2.75) is 0 Å². The Morgan fingerprint density at radius 3 is 3.00 bits per heavy atom. The van der Waals surface area contributed by atoms with E-state index in [4.69, 9.17) is 4.74 Å². The van der Waals surface area contributed by atoms with E-state index in [1.165, 1.54) is 0 Å². The van der Waals surface area contributed by atoms with Gasteiger partial charge in [-0.25, -0.2) is 0 Å². The zero-order valence-electron chi connectivity index (χ0n) is 7.19. The summed E-state index contributed by atoms with van der Waals surface area (Å²) in [6.45, 7) is 0. The molecule has 2 rings (SSSR count). The monoisotopic (exact) mass is 175 g/mol. The predicted molar refractivity (Wildman–Crippen MR) is 50.0 cm³/mol. The molecule has 1 aromatic heterocycles. The number of phenols is 1. The van der Waals surface area contributed by atoms with Crippen molar-refractivity contribution in [2.24, 2.45) is 0 Å². The Morgan fingerprint density at radius 1 is 1.38 bits per heavy atom. The van der Waals surface area contributed by atoms with Gasteiger partial charge in [0.2, 0.25) is 0 Å². The number of hydrogen-bond acceptors (Lipinski definition) is 3. The first-order valence-corrected chi connectivity index (χ1v) is 3.93. The molecule has 3 nitrogen and oxygen atoms in total. The Bertz CT molecular complexity index is 440. The summed E-state index contributed by atoms with van der Waals surface area (Å²) >= 11 is 0. The molecular formula is C10H9NO2. The number of ether oxygens (including phenoxy) is 1. The lowest BCUT2D eigenvalue weighted by Gasteiger charge is -2.04. The van der Waals surface area contributed by atoms with Gasteiger partial charge in [0.1, 0.15) is 11.5 Å². The summed E-state index contributed by atoms with van der Waals surface area (Å²) < 4.78 is 5.11. The van der Waals surface area contributed by atoms with E-state index in [1.807, 2.05) is 12.1 Å². The molecule has 0 bridgehead atoms. The number of nitrogens with zero attached hydrogens (tertiary/aromatic N) is 1. The van der Waals surface area contributed by atoms with E-state index >= 15 is 0 Å². The number of methoxy groups -OCH3 is 1. The summed E-state index contributed by atoms with van der Waals surface area (Å²) in [5.74, 6) is 0.811. The van der Waals surface area contributed by atoms with Crippen LogP contribution in [0.2, 0.25) is 0 Å². The number of benzene rings is 1. The Morgan fingerprint density at radius 2 is 2.23 bits per heavy atom. The van der Waals surface area contributed by atoms with Crippen LogP contribution in [0.3, 0.4) is 0 Å². The zero-order valence-corrected chi connectivity index (χ0v) is 7.19. The second-order valence-corrected chi connectivity index (χ2v) is 2.72. The van der Waals surface area contributed by atoms with Gasteiger partial charge in [-0.05, 0) is 12.1 Å². The van der Waals surface area contributed by atoms with E-state index in [0.29, 0.717) is 5.75 Å². The van der Waals surface area contributed by atoms with Crippen molar-refractivity contribution >= 4 is 10.9 Å². The topological polar surface area (TPSA) is 42.4 Å². The lowest BCUT2D eigenvalue weighted by molar-refractivity contribution is 0.412. The molecule has 66 valence electrons. The average Bonchev–Trinajstić information content (AvgIpc) is 2.16.